The van der Waals surface area contributed by atoms with E-state index in [1.807, 2.05) is 12.1 Å². The SMILES string of the molecule is CNC(=O)N1CCC[C@H](OCc2nc(-c3ccncc3)no2)C1. The predicted octanol–water partition coefficient (Wildman–Crippen LogP) is 1.45. The highest BCUT2D eigenvalue weighted by Crippen LogP contribution is 2.17. The van der Waals surface area contributed by atoms with Crippen molar-refractivity contribution >= 4 is 6.03 Å². The Balaban J connectivity index is 1.54. The molecule has 2 amide bonds. The van der Waals surface area contributed by atoms with Crippen molar-refractivity contribution in [3.8, 4) is 11.4 Å². The molecule has 0 aromatic carbocycles. The van der Waals surface area contributed by atoms with E-state index in [9.17, 15) is 4.79 Å². The first kappa shape index (κ1) is 15.4. The van der Waals surface area contributed by atoms with Crippen LogP contribution in [-0.4, -0.2) is 52.3 Å². The molecule has 1 atom stereocenters. The zero-order valence-electron chi connectivity index (χ0n) is 12.9. The maximum absolute atomic E-state index is 11.7. The third-order valence-corrected chi connectivity index (χ3v) is 3.73. The highest BCUT2D eigenvalue weighted by Gasteiger charge is 2.24. The fourth-order valence-corrected chi connectivity index (χ4v) is 2.54. The van der Waals surface area contributed by atoms with Crippen LogP contribution in [0.4, 0.5) is 4.79 Å². The van der Waals surface area contributed by atoms with Gasteiger partial charge in [0.05, 0.1) is 6.10 Å². The molecule has 8 heteroatoms. The summed E-state index contributed by atoms with van der Waals surface area (Å²) in [6.45, 7) is 1.57. The Labute approximate surface area is 133 Å². The van der Waals surface area contributed by atoms with Crippen molar-refractivity contribution in [2.24, 2.45) is 0 Å². The van der Waals surface area contributed by atoms with E-state index in [0.717, 1.165) is 24.9 Å². The average Bonchev–Trinajstić information content (AvgIpc) is 3.09. The Morgan fingerprint density at radius 1 is 1.48 bits per heavy atom. The number of hydrogen-bond donors (Lipinski definition) is 1. The van der Waals surface area contributed by atoms with E-state index in [-0.39, 0.29) is 18.7 Å². The van der Waals surface area contributed by atoms with E-state index in [2.05, 4.69) is 20.4 Å². The van der Waals surface area contributed by atoms with Crippen molar-refractivity contribution in [1.82, 2.24) is 25.3 Å². The fraction of sp³-hybridized carbons (Fsp3) is 0.467. The average molecular weight is 317 g/mol. The van der Waals surface area contributed by atoms with Gasteiger partial charge in [-0.2, -0.15) is 4.98 Å². The Morgan fingerprint density at radius 2 is 2.30 bits per heavy atom. The molecular formula is C15H19N5O3. The van der Waals surface area contributed by atoms with Gasteiger partial charge in [0.15, 0.2) is 0 Å². The van der Waals surface area contributed by atoms with Gasteiger partial charge in [-0.05, 0) is 25.0 Å². The number of amides is 2. The number of likely N-dealkylation sites (tertiary alicyclic amines) is 1. The molecule has 1 aliphatic heterocycles. The van der Waals surface area contributed by atoms with Crippen LogP contribution in [0.25, 0.3) is 11.4 Å². The minimum Gasteiger partial charge on any atom is -0.367 e. The van der Waals surface area contributed by atoms with Crippen LogP contribution in [0.5, 0.6) is 0 Å². The highest BCUT2D eigenvalue weighted by atomic mass is 16.5. The van der Waals surface area contributed by atoms with Crippen molar-refractivity contribution < 1.29 is 14.1 Å². The molecule has 23 heavy (non-hydrogen) atoms. The summed E-state index contributed by atoms with van der Waals surface area (Å²) in [4.78, 5) is 21.7. The molecule has 2 aromatic rings. The second-order valence-electron chi connectivity index (χ2n) is 5.32. The molecule has 1 fully saturated rings. The summed E-state index contributed by atoms with van der Waals surface area (Å²) in [5.74, 6) is 0.940. The first-order valence-corrected chi connectivity index (χ1v) is 7.57. The number of carbonyl (C=O) groups is 1. The van der Waals surface area contributed by atoms with Gasteiger partial charge >= 0.3 is 6.03 Å². The lowest BCUT2D eigenvalue weighted by Gasteiger charge is -2.31. The lowest BCUT2D eigenvalue weighted by Crippen LogP contribution is -2.46. The molecule has 122 valence electrons. The van der Waals surface area contributed by atoms with Crippen LogP contribution >= 0.6 is 0 Å². The van der Waals surface area contributed by atoms with Crippen LogP contribution in [0.2, 0.25) is 0 Å². The molecule has 1 N–H and O–H groups in total. The summed E-state index contributed by atoms with van der Waals surface area (Å²) in [5, 5.41) is 6.57. The number of nitrogens with one attached hydrogen (secondary N) is 1. The molecule has 0 unspecified atom stereocenters. The second kappa shape index (κ2) is 7.19. The van der Waals surface area contributed by atoms with Gasteiger partial charge < -0.3 is 19.5 Å². The number of piperidine rings is 1. The molecule has 0 radical (unpaired) electrons. The number of rotatable bonds is 4. The van der Waals surface area contributed by atoms with Crippen LogP contribution in [0.1, 0.15) is 18.7 Å². The van der Waals surface area contributed by atoms with Crippen molar-refractivity contribution in [1.29, 1.82) is 0 Å². The number of urea groups is 1. The van der Waals surface area contributed by atoms with Gasteiger partial charge in [-0.3, -0.25) is 4.98 Å². The van der Waals surface area contributed by atoms with Crippen LogP contribution in [0.15, 0.2) is 29.0 Å². The first-order chi connectivity index (χ1) is 11.3. The second-order valence-corrected chi connectivity index (χ2v) is 5.32. The third kappa shape index (κ3) is 3.84. The number of carbonyl (C=O) groups excluding carboxylic acids is 1. The highest BCUT2D eigenvalue weighted by molar-refractivity contribution is 5.73. The Bertz CT molecular complexity index is 646. The van der Waals surface area contributed by atoms with Crippen LogP contribution in [0.3, 0.4) is 0 Å². The molecular weight excluding hydrogens is 298 g/mol. The largest absolute Gasteiger partial charge is 0.367 e. The quantitative estimate of drug-likeness (QED) is 0.917. The van der Waals surface area contributed by atoms with Gasteiger partial charge in [0.25, 0.3) is 5.89 Å². The van der Waals surface area contributed by atoms with Gasteiger partial charge in [-0.25, -0.2) is 4.79 Å². The minimum absolute atomic E-state index is 0.0164. The maximum Gasteiger partial charge on any atom is 0.317 e. The van der Waals surface area contributed by atoms with E-state index in [1.54, 1.807) is 24.3 Å². The molecule has 1 aliphatic rings. The number of nitrogens with zero attached hydrogens (tertiary/aromatic N) is 4. The summed E-state index contributed by atoms with van der Waals surface area (Å²) < 4.78 is 11.0. The molecule has 3 rings (SSSR count). The lowest BCUT2D eigenvalue weighted by molar-refractivity contribution is -0.0102. The van der Waals surface area contributed by atoms with E-state index in [4.69, 9.17) is 9.26 Å². The predicted molar refractivity (Wildman–Crippen MR) is 81.4 cm³/mol. The molecule has 0 spiro atoms. The summed E-state index contributed by atoms with van der Waals surface area (Å²) in [5.41, 5.74) is 0.846. The summed E-state index contributed by atoms with van der Waals surface area (Å²) in [6, 6.07) is 3.56. The monoisotopic (exact) mass is 317 g/mol. The van der Waals surface area contributed by atoms with E-state index in [1.165, 1.54) is 0 Å². The van der Waals surface area contributed by atoms with Crippen LogP contribution in [-0.2, 0) is 11.3 Å². The minimum atomic E-state index is -0.0731. The molecule has 0 bridgehead atoms. The van der Waals surface area contributed by atoms with Crippen LogP contribution in [0, 0.1) is 0 Å². The lowest BCUT2D eigenvalue weighted by atomic mass is 10.1. The molecule has 0 aliphatic carbocycles. The number of aromatic nitrogens is 3. The zero-order chi connectivity index (χ0) is 16.1. The van der Waals surface area contributed by atoms with Gasteiger partial charge in [0.2, 0.25) is 5.82 Å². The van der Waals surface area contributed by atoms with E-state index in [0.29, 0.717) is 18.3 Å². The number of ether oxygens (including phenoxy) is 1. The molecule has 0 saturated carbocycles. The zero-order valence-corrected chi connectivity index (χ0v) is 12.9. The smallest absolute Gasteiger partial charge is 0.317 e. The standard InChI is InChI=1S/C15H19N5O3/c1-16-15(21)20-8-2-3-12(9-20)22-10-13-18-14(19-23-13)11-4-6-17-7-5-11/h4-7,12H,2-3,8-10H2,1H3,(H,16,21)/t12-/m0/s1. The van der Waals surface area contributed by atoms with Crippen molar-refractivity contribution in [3.05, 3.63) is 30.4 Å². The van der Waals surface area contributed by atoms with Crippen molar-refractivity contribution in [2.45, 2.75) is 25.6 Å². The van der Waals surface area contributed by atoms with Gasteiger partial charge in [0.1, 0.15) is 6.61 Å². The Hall–Kier alpha value is -2.48. The topological polar surface area (TPSA) is 93.4 Å². The molecule has 2 aromatic heterocycles. The van der Waals surface area contributed by atoms with Crippen LogP contribution < -0.4 is 5.32 Å². The maximum atomic E-state index is 11.7. The van der Waals surface area contributed by atoms with Gasteiger partial charge in [-0.1, -0.05) is 5.16 Å². The Kier molecular flexibility index (Phi) is 4.82. The van der Waals surface area contributed by atoms with E-state index >= 15 is 0 Å². The van der Waals surface area contributed by atoms with E-state index < -0.39 is 0 Å². The summed E-state index contributed by atoms with van der Waals surface area (Å²) in [6.07, 6.45) is 5.18. The molecule has 8 nitrogen and oxygen atoms in total. The third-order valence-electron chi connectivity index (χ3n) is 3.73. The van der Waals surface area contributed by atoms with Crippen molar-refractivity contribution in [2.75, 3.05) is 20.1 Å². The Morgan fingerprint density at radius 3 is 3.09 bits per heavy atom. The number of pyridine rings is 1. The summed E-state index contributed by atoms with van der Waals surface area (Å²) >= 11 is 0. The fourth-order valence-electron chi connectivity index (χ4n) is 2.54. The normalized spacial score (nSPS) is 18.0. The summed E-state index contributed by atoms with van der Waals surface area (Å²) in [7, 11) is 1.63. The van der Waals surface area contributed by atoms with Gasteiger partial charge in [-0.15, -0.1) is 0 Å². The number of hydrogen-bond acceptors (Lipinski definition) is 6. The first-order valence-electron chi connectivity index (χ1n) is 7.57. The van der Waals surface area contributed by atoms with Crippen molar-refractivity contribution in [3.63, 3.8) is 0 Å². The molecule has 3 heterocycles. The van der Waals surface area contributed by atoms with Gasteiger partial charge in [0, 0.05) is 38.1 Å². The molecule has 1 saturated heterocycles.